The Bertz CT molecular complexity index is 1190. The molecule has 1 unspecified atom stereocenters. The van der Waals surface area contributed by atoms with Crippen LogP contribution in [0.5, 0.6) is 0 Å². The lowest BCUT2D eigenvalue weighted by Gasteiger charge is -2.20. The number of Topliss-reactive ketones (excluding diaryl/α,β-unsaturated/α-hetero) is 1. The fourth-order valence-electron chi connectivity index (χ4n) is 6.59. The van der Waals surface area contributed by atoms with Crippen LogP contribution in [0, 0.1) is 11.8 Å². The summed E-state index contributed by atoms with van der Waals surface area (Å²) in [7, 11) is -4.80. The number of esters is 2. The molecule has 0 aromatic rings. The van der Waals surface area contributed by atoms with Crippen LogP contribution in [-0.4, -0.2) is 99.3 Å². The zero-order valence-corrected chi connectivity index (χ0v) is 34.7. The Kier molecular flexibility index (Phi) is 28.5. The Labute approximate surface area is 333 Å². The highest BCUT2D eigenvalue weighted by Crippen LogP contribution is 2.43. The van der Waals surface area contributed by atoms with E-state index >= 15 is 0 Å². The van der Waals surface area contributed by atoms with Gasteiger partial charge in [0.2, 0.25) is 0 Å². The van der Waals surface area contributed by atoms with Gasteiger partial charge >= 0.3 is 25.7 Å². The van der Waals surface area contributed by atoms with Gasteiger partial charge in [-0.3, -0.25) is 28.2 Å². The number of aliphatic hydroxyl groups is 3. The zero-order chi connectivity index (χ0) is 41.8. The van der Waals surface area contributed by atoms with Crippen molar-refractivity contribution in [1.29, 1.82) is 0 Å². The highest BCUT2D eigenvalue weighted by molar-refractivity contribution is 7.47. The highest BCUT2D eigenvalue weighted by atomic mass is 31.2. The lowest BCUT2D eigenvalue weighted by molar-refractivity contribution is -0.161. The Morgan fingerprint density at radius 2 is 1.29 bits per heavy atom. The van der Waals surface area contributed by atoms with E-state index in [-0.39, 0.29) is 37.9 Å². The average molecular weight is 822 g/mol. The SMILES string of the molecule is CCCCCCCCCCCCCC(=O)O[C@H](COC(=O)CCCCC(=O)C[C@@H]1[C@@H](/C=C/[C@@H](O)CCCCC)[C@H](O)C[C@@H]1O)COP(=O)(O)OC[C@H](N)C(=O)O. The van der Waals surface area contributed by atoms with E-state index in [2.05, 4.69) is 18.4 Å². The molecule has 8 atom stereocenters. The Morgan fingerprint density at radius 3 is 1.91 bits per heavy atom. The third kappa shape index (κ3) is 25.2. The van der Waals surface area contributed by atoms with Crippen molar-refractivity contribution in [2.45, 2.75) is 186 Å². The number of ketones is 1. The molecule has 0 bridgehead atoms. The van der Waals surface area contributed by atoms with E-state index in [9.17, 15) is 44.0 Å². The number of unbranched alkanes of at least 4 members (excludes halogenated alkanes) is 13. The van der Waals surface area contributed by atoms with Gasteiger partial charge in [0.25, 0.3) is 0 Å². The molecule has 0 heterocycles. The molecule has 56 heavy (non-hydrogen) atoms. The van der Waals surface area contributed by atoms with Crippen molar-refractivity contribution in [2.24, 2.45) is 17.6 Å². The number of hydrogen-bond acceptors (Lipinski definition) is 13. The van der Waals surface area contributed by atoms with E-state index in [0.717, 1.165) is 44.9 Å². The van der Waals surface area contributed by atoms with Gasteiger partial charge in [-0.05, 0) is 25.7 Å². The number of rotatable bonds is 35. The first-order valence-electron chi connectivity index (χ1n) is 20.9. The van der Waals surface area contributed by atoms with E-state index in [1.807, 2.05) is 0 Å². The number of carboxylic acids is 1. The summed E-state index contributed by atoms with van der Waals surface area (Å²) in [6.07, 6.45) is 16.4. The largest absolute Gasteiger partial charge is 0.480 e. The maximum atomic E-state index is 12.8. The van der Waals surface area contributed by atoms with Crippen molar-refractivity contribution in [3.05, 3.63) is 12.2 Å². The quantitative estimate of drug-likeness (QED) is 0.0184. The number of hydrogen-bond donors (Lipinski definition) is 6. The summed E-state index contributed by atoms with van der Waals surface area (Å²) in [5.74, 6) is -3.77. The third-order valence-corrected chi connectivity index (χ3v) is 10.9. The number of nitrogens with two attached hydrogens (primary N) is 1. The van der Waals surface area contributed by atoms with Gasteiger partial charge in [-0.2, -0.15) is 0 Å². The molecule has 7 N–H and O–H groups in total. The third-order valence-electron chi connectivity index (χ3n) is 10.00. The molecule has 0 amide bonds. The molecule has 326 valence electrons. The normalized spacial score (nSPS) is 21.1. The summed E-state index contributed by atoms with van der Waals surface area (Å²) in [5, 5.41) is 40.1. The zero-order valence-electron chi connectivity index (χ0n) is 33.8. The maximum absolute atomic E-state index is 12.8. The van der Waals surface area contributed by atoms with Crippen molar-refractivity contribution in [3.63, 3.8) is 0 Å². The van der Waals surface area contributed by atoms with E-state index in [4.69, 9.17) is 24.8 Å². The van der Waals surface area contributed by atoms with Gasteiger partial charge in [-0.15, -0.1) is 0 Å². The first kappa shape index (κ1) is 51.8. The van der Waals surface area contributed by atoms with E-state index in [1.54, 1.807) is 12.2 Å². The molecular formula is C40H72NO14P. The van der Waals surface area contributed by atoms with Crippen molar-refractivity contribution >= 4 is 31.5 Å². The van der Waals surface area contributed by atoms with Gasteiger partial charge in [0.15, 0.2) is 6.10 Å². The maximum Gasteiger partial charge on any atom is 0.472 e. The predicted octanol–water partition coefficient (Wildman–Crippen LogP) is 6.06. The molecule has 0 saturated heterocycles. The molecule has 1 aliphatic rings. The molecule has 16 heteroatoms. The first-order valence-corrected chi connectivity index (χ1v) is 22.4. The summed E-state index contributed by atoms with van der Waals surface area (Å²) in [5.41, 5.74) is 5.31. The van der Waals surface area contributed by atoms with Crippen LogP contribution in [0.4, 0.5) is 0 Å². The van der Waals surface area contributed by atoms with Crippen LogP contribution in [0.1, 0.15) is 155 Å². The Balaban J connectivity index is 2.55. The number of phosphoric ester groups is 1. The smallest absolute Gasteiger partial charge is 0.472 e. The average Bonchev–Trinajstić information content (AvgIpc) is 3.41. The molecule has 0 aliphatic heterocycles. The second-order valence-corrected chi connectivity index (χ2v) is 16.5. The summed E-state index contributed by atoms with van der Waals surface area (Å²) < 4.78 is 32.5. The van der Waals surface area contributed by atoms with Crippen LogP contribution < -0.4 is 5.73 Å². The summed E-state index contributed by atoms with van der Waals surface area (Å²) >= 11 is 0. The number of carboxylic acid groups (broad SMARTS) is 1. The molecule has 0 spiro atoms. The van der Waals surface area contributed by atoms with Crippen LogP contribution in [0.15, 0.2) is 12.2 Å². The number of carbonyl (C=O) groups is 4. The van der Waals surface area contributed by atoms with Gasteiger partial charge in [-0.25, -0.2) is 4.57 Å². The standard InChI is InChI=1S/C40H72NO14P/c1-3-5-7-8-9-10-11-12-13-14-16-22-39(47)55-32(28-53-56(50,51)54-29-35(41)40(48)49)27-52-38(46)21-18-17-20-31(43)25-34-33(36(44)26-37(34)45)24-23-30(42)19-15-6-4-2/h23-24,30,32-37,42,44-45H,3-22,25-29,41H2,1-2H3,(H,48,49)(H,50,51)/b24-23+/t30-,32+,33+,34+,35-,36+,37-/m0/s1. The van der Waals surface area contributed by atoms with Crippen LogP contribution >= 0.6 is 7.82 Å². The van der Waals surface area contributed by atoms with Gasteiger partial charge in [0, 0.05) is 43.9 Å². The van der Waals surface area contributed by atoms with Crippen molar-refractivity contribution < 1.29 is 67.6 Å². The van der Waals surface area contributed by atoms with E-state index in [1.165, 1.54) is 38.5 Å². The monoisotopic (exact) mass is 821 g/mol. The van der Waals surface area contributed by atoms with Gasteiger partial charge < -0.3 is 40.5 Å². The molecule has 15 nitrogen and oxygen atoms in total. The summed E-state index contributed by atoms with van der Waals surface area (Å²) in [6.45, 7) is 2.29. The van der Waals surface area contributed by atoms with Crippen molar-refractivity contribution in [3.8, 4) is 0 Å². The minimum Gasteiger partial charge on any atom is -0.480 e. The predicted molar refractivity (Wildman–Crippen MR) is 210 cm³/mol. The fraction of sp³-hybridized carbons (Fsp3) is 0.850. The van der Waals surface area contributed by atoms with Crippen molar-refractivity contribution in [2.75, 3.05) is 19.8 Å². The van der Waals surface area contributed by atoms with Crippen LogP contribution in [0.3, 0.4) is 0 Å². The fourth-order valence-corrected chi connectivity index (χ4v) is 7.37. The van der Waals surface area contributed by atoms with Gasteiger partial charge in [-0.1, -0.05) is 109 Å². The molecule has 1 aliphatic carbocycles. The van der Waals surface area contributed by atoms with Gasteiger partial charge in [0.1, 0.15) is 18.4 Å². The number of aliphatic carboxylic acids is 1. The number of carbonyl (C=O) groups excluding carboxylic acids is 3. The van der Waals surface area contributed by atoms with Crippen molar-refractivity contribution in [1.82, 2.24) is 0 Å². The molecule has 0 aromatic carbocycles. The van der Waals surface area contributed by atoms with Gasteiger partial charge in [0.05, 0.1) is 31.5 Å². The van der Waals surface area contributed by atoms with Crippen LogP contribution in [0.2, 0.25) is 0 Å². The Morgan fingerprint density at radius 1 is 0.750 bits per heavy atom. The van der Waals surface area contributed by atoms with Crippen LogP contribution in [-0.2, 0) is 42.3 Å². The molecule has 1 fully saturated rings. The summed E-state index contributed by atoms with van der Waals surface area (Å²) in [4.78, 5) is 58.8. The Hall–Kier alpha value is -2.23. The first-order chi connectivity index (χ1) is 26.7. The number of ether oxygens (including phenoxy) is 2. The summed E-state index contributed by atoms with van der Waals surface area (Å²) in [6, 6.07) is -1.57. The number of phosphoric acid groups is 1. The molecule has 0 aromatic heterocycles. The number of aliphatic hydroxyl groups excluding tert-OH is 3. The lowest BCUT2D eigenvalue weighted by Crippen LogP contribution is -2.34. The topological polar surface area (TPSA) is 249 Å². The van der Waals surface area contributed by atoms with Crippen LogP contribution in [0.25, 0.3) is 0 Å². The minimum absolute atomic E-state index is 0.0521. The van der Waals surface area contributed by atoms with E-state index < -0.39 is 87.8 Å². The molecule has 0 radical (unpaired) electrons. The molecule has 1 saturated carbocycles. The lowest BCUT2D eigenvalue weighted by atomic mass is 9.87. The second-order valence-electron chi connectivity index (χ2n) is 15.1. The molecule has 1 rings (SSSR count). The minimum atomic E-state index is -4.80. The van der Waals surface area contributed by atoms with E-state index in [0.29, 0.717) is 25.7 Å². The second kappa shape index (κ2) is 30.8. The highest BCUT2D eigenvalue weighted by Gasteiger charge is 2.41. The molecular weight excluding hydrogens is 749 g/mol.